The molecular formula is C25H23N2O2+. The highest BCUT2D eigenvalue weighted by Crippen LogP contribution is 2.48. The second-order valence-corrected chi connectivity index (χ2v) is 8.02. The predicted molar refractivity (Wildman–Crippen MR) is 112 cm³/mol. The highest BCUT2D eigenvalue weighted by molar-refractivity contribution is 6.11. The van der Waals surface area contributed by atoms with E-state index in [1.807, 2.05) is 79.8 Å². The minimum Gasteiger partial charge on any atom is -0.320 e. The van der Waals surface area contributed by atoms with Crippen molar-refractivity contribution in [3.8, 4) is 0 Å². The average molecular weight is 383 g/mol. The summed E-state index contributed by atoms with van der Waals surface area (Å²) in [7, 11) is 2.04. The highest BCUT2D eigenvalue weighted by Gasteiger charge is 2.68. The van der Waals surface area contributed by atoms with Gasteiger partial charge in [0.05, 0.1) is 25.2 Å². The minimum absolute atomic E-state index is 0.0307. The first-order valence-corrected chi connectivity index (χ1v) is 10.0. The van der Waals surface area contributed by atoms with E-state index in [2.05, 4.69) is 17.4 Å². The van der Waals surface area contributed by atoms with Gasteiger partial charge in [-0.1, -0.05) is 78.9 Å². The van der Waals surface area contributed by atoms with E-state index in [0.717, 1.165) is 28.3 Å². The monoisotopic (exact) mass is 383 g/mol. The number of carbonyl (C=O) groups excluding carboxylic acids is 2. The molecule has 4 heteroatoms. The molecule has 3 aromatic carbocycles. The van der Waals surface area contributed by atoms with Gasteiger partial charge in [-0.15, -0.1) is 0 Å². The molecule has 0 saturated carbocycles. The van der Waals surface area contributed by atoms with E-state index in [9.17, 15) is 9.59 Å². The molecular weight excluding hydrogens is 360 g/mol. The van der Waals surface area contributed by atoms with Crippen LogP contribution < -0.4 is 10.2 Å². The number of hydrogen-bond donors (Lipinski definition) is 2. The summed E-state index contributed by atoms with van der Waals surface area (Å²) in [6.07, 6.45) is 0. The van der Waals surface area contributed by atoms with Gasteiger partial charge < -0.3 is 10.2 Å². The Morgan fingerprint density at radius 3 is 2.28 bits per heavy atom. The molecule has 4 atom stereocenters. The highest BCUT2D eigenvalue weighted by atomic mass is 16.2. The van der Waals surface area contributed by atoms with Gasteiger partial charge in [0.15, 0.2) is 5.78 Å². The molecule has 0 aromatic heterocycles. The number of rotatable bonds is 3. The first kappa shape index (κ1) is 17.8. The molecule has 0 aliphatic carbocycles. The molecule has 0 bridgehead atoms. The number of nitrogens with one attached hydrogen (secondary N) is 2. The van der Waals surface area contributed by atoms with Gasteiger partial charge in [0.1, 0.15) is 5.92 Å². The lowest BCUT2D eigenvalue weighted by Gasteiger charge is -2.32. The number of fused-ring (bicyclic) bond motifs is 2. The number of Topliss-reactive ketones (excluding diaryl/α,β-unsaturated/α-hetero) is 1. The van der Waals surface area contributed by atoms with Gasteiger partial charge >= 0.3 is 0 Å². The van der Waals surface area contributed by atoms with Crippen LogP contribution in [0.2, 0.25) is 0 Å². The number of ketones is 1. The van der Waals surface area contributed by atoms with Crippen molar-refractivity contribution in [1.29, 1.82) is 0 Å². The van der Waals surface area contributed by atoms with Crippen molar-refractivity contribution in [1.82, 2.24) is 0 Å². The third-order valence-corrected chi connectivity index (χ3v) is 6.59. The maximum atomic E-state index is 13.9. The Morgan fingerprint density at radius 2 is 1.55 bits per heavy atom. The maximum Gasteiger partial charge on any atom is 0.291 e. The van der Waals surface area contributed by atoms with E-state index in [1.165, 1.54) is 0 Å². The molecule has 1 amide bonds. The summed E-state index contributed by atoms with van der Waals surface area (Å²) in [6.45, 7) is 0.717. The molecule has 0 radical (unpaired) electrons. The second kappa shape index (κ2) is 6.68. The van der Waals surface area contributed by atoms with Gasteiger partial charge in [-0.2, -0.15) is 0 Å². The van der Waals surface area contributed by atoms with Crippen molar-refractivity contribution in [2.75, 3.05) is 18.9 Å². The van der Waals surface area contributed by atoms with Gasteiger partial charge in [0, 0.05) is 11.1 Å². The van der Waals surface area contributed by atoms with Gasteiger partial charge in [0.25, 0.3) is 5.91 Å². The number of likely N-dealkylation sites (N-methyl/N-ethyl adjacent to an activating group) is 1. The summed E-state index contributed by atoms with van der Waals surface area (Å²) in [5.41, 5.74) is 2.58. The quantitative estimate of drug-likeness (QED) is 0.683. The number of amides is 1. The Balaban J connectivity index is 1.74. The molecule has 5 rings (SSSR count). The first-order chi connectivity index (χ1) is 14.1. The Kier molecular flexibility index (Phi) is 4.10. The second-order valence-electron chi connectivity index (χ2n) is 8.02. The largest absolute Gasteiger partial charge is 0.320 e. The molecule has 1 saturated heterocycles. The third kappa shape index (κ3) is 2.49. The number of benzene rings is 3. The molecule has 29 heavy (non-hydrogen) atoms. The minimum atomic E-state index is -0.927. The van der Waals surface area contributed by atoms with Crippen molar-refractivity contribution in [2.24, 2.45) is 5.92 Å². The summed E-state index contributed by atoms with van der Waals surface area (Å²) in [5, 5.41) is 3.06. The normalized spacial score (nSPS) is 27.6. The molecule has 144 valence electrons. The fraction of sp³-hybridized carbons (Fsp3) is 0.200. The van der Waals surface area contributed by atoms with Crippen LogP contribution in [0, 0.1) is 5.92 Å². The molecule has 1 spiro atoms. The number of hydrogen-bond acceptors (Lipinski definition) is 2. The van der Waals surface area contributed by atoms with E-state index in [1.54, 1.807) is 0 Å². The lowest BCUT2D eigenvalue weighted by Crippen LogP contribution is -3.15. The Hall–Kier alpha value is -3.24. The number of quaternary nitrogens is 1. The summed E-state index contributed by atoms with van der Waals surface area (Å²) < 4.78 is 0. The number of likely N-dealkylation sites (tertiary alicyclic amines) is 1. The van der Waals surface area contributed by atoms with Gasteiger partial charge in [-0.05, 0) is 11.6 Å². The lowest BCUT2D eigenvalue weighted by atomic mass is 9.70. The Bertz CT molecular complexity index is 1080. The summed E-state index contributed by atoms with van der Waals surface area (Å²) in [4.78, 5) is 28.5. The van der Waals surface area contributed by atoms with Crippen LogP contribution >= 0.6 is 0 Å². The fourth-order valence-corrected chi connectivity index (χ4v) is 5.36. The van der Waals surface area contributed by atoms with Crippen molar-refractivity contribution >= 4 is 17.4 Å². The maximum absolute atomic E-state index is 13.9. The van der Waals surface area contributed by atoms with Crippen LogP contribution in [0.15, 0.2) is 84.9 Å². The topological polar surface area (TPSA) is 50.6 Å². The number of anilines is 1. The molecule has 1 fully saturated rings. The Morgan fingerprint density at radius 1 is 0.931 bits per heavy atom. The zero-order chi connectivity index (χ0) is 20.0. The molecule has 2 aliphatic rings. The van der Waals surface area contributed by atoms with E-state index < -0.39 is 11.5 Å². The molecule has 2 heterocycles. The van der Waals surface area contributed by atoms with Crippen LogP contribution in [0.25, 0.3) is 0 Å². The van der Waals surface area contributed by atoms with Crippen LogP contribution in [0.3, 0.4) is 0 Å². The van der Waals surface area contributed by atoms with Crippen LogP contribution in [0.5, 0.6) is 0 Å². The van der Waals surface area contributed by atoms with E-state index in [0.29, 0.717) is 5.56 Å². The summed E-state index contributed by atoms with van der Waals surface area (Å²) in [6, 6.07) is 27.3. The van der Waals surface area contributed by atoms with Crippen molar-refractivity contribution in [2.45, 2.75) is 11.5 Å². The SMILES string of the molecule is C[NH+]1C[C@H](c2ccccc2)[C@H](C(=O)c2ccccc2)[C@]12C(=O)Nc1ccccc12. The van der Waals surface area contributed by atoms with Gasteiger partial charge in [0.2, 0.25) is 5.54 Å². The van der Waals surface area contributed by atoms with Crippen LogP contribution in [0.4, 0.5) is 5.69 Å². The molecule has 2 N–H and O–H groups in total. The zero-order valence-electron chi connectivity index (χ0n) is 16.3. The third-order valence-electron chi connectivity index (χ3n) is 6.59. The van der Waals surface area contributed by atoms with Gasteiger partial charge in [-0.25, -0.2) is 0 Å². The molecule has 1 unspecified atom stereocenters. The van der Waals surface area contributed by atoms with Crippen molar-refractivity contribution in [3.05, 3.63) is 102 Å². The molecule has 3 aromatic rings. The number of carbonyl (C=O) groups is 2. The Labute approximate surface area is 170 Å². The van der Waals surface area contributed by atoms with Crippen LogP contribution in [0.1, 0.15) is 27.4 Å². The van der Waals surface area contributed by atoms with Gasteiger partial charge in [-0.3, -0.25) is 9.59 Å². The predicted octanol–water partition coefficient (Wildman–Crippen LogP) is 2.65. The summed E-state index contributed by atoms with van der Waals surface area (Å²) in [5.74, 6) is -0.566. The van der Waals surface area contributed by atoms with E-state index in [-0.39, 0.29) is 17.6 Å². The zero-order valence-corrected chi connectivity index (χ0v) is 16.3. The van der Waals surface area contributed by atoms with Crippen LogP contribution in [-0.4, -0.2) is 25.3 Å². The lowest BCUT2D eigenvalue weighted by molar-refractivity contribution is -0.918. The average Bonchev–Trinajstić information content (AvgIpc) is 3.24. The van der Waals surface area contributed by atoms with E-state index >= 15 is 0 Å². The molecule has 4 nitrogen and oxygen atoms in total. The van der Waals surface area contributed by atoms with E-state index in [4.69, 9.17) is 0 Å². The first-order valence-electron chi connectivity index (χ1n) is 10.0. The summed E-state index contributed by atoms with van der Waals surface area (Å²) >= 11 is 0. The fourth-order valence-electron chi connectivity index (χ4n) is 5.36. The molecule has 2 aliphatic heterocycles. The van der Waals surface area contributed by atoms with Crippen molar-refractivity contribution in [3.63, 3.8) is 0 Å². The van der Waals surface area contributed by atoms with Crippen molar-refractivity contribution < 1.29 is 14.5 Å². The van der Waals surface area contributed by atoms with Crippen LogP contribution in [-0.2, 0) is 10.3 Å². The number of para-hydroxylation sites is 1. The standard InChI is InChI=1S/C25H22N2O2/c1-27-16-19(17-10-4-2-5-11-17)22(23(28)18-12-6-3-7-13-18)25(27)20-14-8-9-15-21(20)26-24(25)29/h2-15,19,22H,16H2,1H3,(H,26,29)/p+1/t19-,22-,25-/m1/s1. The smallest absolute Gasteiger partial charge is 0.291 e.